The fourth-order valence-electron chi connectivity index (χ4n) is 2.31. The van der Waals surface area contributed by atoms with E-state index in [1.807, 2.05) is 45.9 Å². The number of methoxy groups -OCH3 is 1. The van der Waals surface area contributed by atoms with Crippen LogP contribution in [-0.4, -0.2) is 17.9 Å². The molecule has 0 aliphatic rings. The minimum absolute atomic E-state index is 0.0950. The van der Waals surface area contributed by atoms with Gasteiger partial charge in [0.25, 0.3) is 0 Å². The van der Waals surface area contributed by atoms with Crippen LogP contribution < -0.4 is 4.74 Å². The zero-order valence-electron chi connectivity index (χ0n) is 12.6. The number of nitrogens with zero attached hydrogens (tertiary/aromatic N) is 1. The van der Waals surface area contributed by atoms with Crippen LogP contribution >= 0.6 is 0 Å². The normalized spacial score (nSPS) is 10.4. The number of rotatable bonds is 3. The Hall–Kier alpha value is -2.16. The van der Waals surface area contributed by atoms with E-state index in [0.29, 0.717) is 17.0 Å². The molecule has 0 bridgehead atoms. The monoisotopic (exact) mass is 269 g/mol. The van der Waals surface area contributed by atoms with Gasteiger partial charge in [-0.2, -0.15) is 0 Å². The molecule has 1 aromatic heterocycles. The standard InChI is InChI=1S/C17H19NO2/c1-10-8-12(3)15(18-9-10)16(19)14-7-6-11(2)13(4)17(14)20-5/h6-9H,1-5H3. The fourth-order valence-corrected chi connectivity index (χ4v) is 2.31. The number of aromatic nitrogens is 1. The fraction of sp³-hybridized carbons (Fsp3) is 0.294. The zero-order chi connectivity index (χ0) is 14.9. The lowest BCUT2D eigenvalue weighted by molar-refractivity contribution is 0.103. The van der Waals surface area contributed by atoms with Crippen molar-refractivity contribution in [2.75, 3.05) is 7.11 Å². The van der Waals surface area contributed by atoms with Crippen LogP contribution in [0.5, 0.6) is 5.75 Å². The molecule has 0 radical (unpaired) electrons. The summed E-state index contributed by atoms with van der Waals surface area (Å²) in [5.41, 5.74) is 5.07. The van der Waals surface area contributed by atoms with E-state index in [1.165, 1.54) is 0 Å². The Bertz CT molecular complexity index is 675. The average Bonchev–Trinajstić information content (AvgIpc) is 2.41. The van der Waals surface area contributed by atoms with Gasteiger partial charge in [-0.15, -0.1) is 0 Å². The van der Waals surface area contributed by atoms with E-state index in [2.05, 4.69) is 4.98 Å². The van der Waals surface area contributed by atoms with Crippen molar-refractivity contribution in [3.63, 3.8) is 0 Å². The van der Waals surface area contributed by atoms with Gasteiger partial charge in [0.15, 0.2) is 0 Å². The first kappa shape index (κ1) is 14.3. The number of hydrogen-bond acceptors (Lipinski definition) is 3. The first-order chi connectivity index (χ1) is 9.45. The van der Waals surface area contributed by atoms with E-state index >= 15 is 0 Å². The van der Waals surface area contributed by atoms with E-state index < -0.39 is 0 Å². The minimum Gasteiger partial charge on any atom is -0.496 e. The third-order valence-electron chi connectivity index (χ3n) is 3.56. The Morgan fingerprint density at radius 2 is 1.80 bits per heavy atom. The maximum atomic E-state index is 12.7. The number of aryl methyl sites for hydroxylation is 3. The molecule has 1 aromatic carbocycles. The number of benzene rings is 1. The maximum Gasteiger partial charge on any atom is 0.215 e. The Kier molecular flexibility index (Phi) is 3.89. The molecule has 0 saturated heterocycles. The van der Waals surface area contributed by atoms with Crippen LogP contribution in [0.25, 0.3) is 0 Å². The molecule has 20 heavy (non-hydrogen) atoms. The van der Waals surface area contributed by atoms with Gasteiger partial charge in [-0.05, 0) is 56.0 Å². The van der Waals surface area contributed by atoms with Gasteiger partial charge in [-0.1, -0.05) is 12.1 Å². The lowest BCUT2D eigenvalue weighted by atomic mass is 9.98. The van der Waals surface area contributed by atoms with Crippen molar-refractivity contribution in [3.05, 3.63) is 57.9 Å². The lowest BCUT2D eigenvalue weighted by Gasteiger charge is -2.13. The molecule has 0 spiro atoms. The van der Waals surface area contributed by atoms with E-state index in [9.17, 15) is 4.79 Å². The summed E-state index contributed by atoms with van der Waals surface area (Å²) in [6, 6.07) is 5.72. The van der Waals surface area contributed by atoms with Crippen LogP contribution in [0, 0.1) is 27.7 Å². The second-order valence-corrected chi connectivity index (χ2v) is 5.10. The van der Waals surface area contributed by atoms with Crippen molar-refractivity contribution in [1.29, 1.82) is 0 Å². The van der Waals surface area contributed by atoms with Gasteiger partial charge in [-0.3, -0.25) is 9.78 Å². The molecule has 0 fully saturated rings. The van der Waals surface area contributed by atoms with Gasteiger partial charge in [0.05, 0.1) is 12.7 Å². The summed E-state index contributed by atoms with van der Waals surface area (Å²) in [6.07, 6.45) is 1.72. The molecule has 0 saturated carbocycles. The topological polar surface area (TPSA) is 39.2 Å². The highest BCUT2D eigenvalue weighted by molar-refractivity contribution is 6.10. The molecular formula is C17H19NO2. The molecule has 0 aliphatic heterocycles. The number of hydrogen-bond donors (Lipinski definition) is 0. The zero-order valence-corrected chi connectivity index (χ0v) is 12.6. The van der Waals surface area contributed by atoms with Crippen LogP contribution in [0.2, 0.25) is 0 Å². The summed E-state index contributed by atoms with van der Waals surface area (Å²) in [5.74, 6) is 0.541. The largest absolute Gasteiger partial charge is 0.496 e. The Morgan fingerprint density at radius 3 is 2.40 bits per heavy atom. The van der Waals surface area contributed by atoms with Crippen LogP contribution in [0.1, 0.15) is 38.3 Å². The Balaban J connectivity index is 2.56. The molecule has 2 rings (SSSR count). The molecule has 0 atom stereocenters. The SMILES string of the molecule is COc1c(C(=O)c2ncc(C)cc2C)ccc(C)c1C. The molecule has 0 amide bonds. The molecule has 1 heterocycles. The quantitative estimate of drug-likeness (QED) is 0.800. The first-order valence-electron chi connectivity index (χ1n) is 6.58. The average molecular weight is 269 g/mol. The van der Waals surface area contributed by atoms with Gasteiger partial charge in [-0.25, -0.2) is 0 Å². The summed E-state index contributed by atoms with van der Waals surface area (Å²) >= 11 is 0. The van der Waals surface area contributed by atoms with Gasteiger partial charge in [0.1, 0.15) is 11.4 Å². The number of ketones is 1. The summed E-state index contributed by atoms with van der Waals surface area (Å²) in [7, 11) is 1.59. The van der Waals surface area contributed by atoms with Crippen molar-refractivity contribution in [2.24, 2.45) is 0 Å². The van der Waals surface area contributed by atoms with Crippen LogP contribution in [0.3, 0.4) is 0 Å². The van der Waals surface area contributed by atoms with Crippen molar-refractivity contribution in [2.45, 2.75) is 27.7 Å². The minimum atomic E-state index is -0.0950. The molecule has 104 valence electrons. The van der Waals surface area contributed by atoms with Gasteiger partial charge >= 0.3 is 0 Å². The van der Waals surface area contributed by atoms with Crippen molar-refractivity contribution >= 4 is 5.78 Å². The van der Waals surface area contributed by atoms with Gasteiger partial charge in [0.2, 0.25) is 5.78 Å². The molecule has 0 N–H and O–H groups in total. The van der Waals surface area contributed by atoms with Crippen LogP contribution in [-0.2, 0) is 0 Å². The van der Waals surface area contributed by atoms with E-state index in [1.54, 1.807) is 13.3 Å². The first-order valence-corrected chi connectivity index (χ1v) is 6.58. The summed E-state index contributed by atoms with van der Waals surface area (Å²) < 4.78 is 5.41. The van der Waals surface area contributed by atoms with E-state index in [-0.39, 0.29) is 5.78 Å². The van der Waals surface area contributed by atoms with Crippen LogP contribution in [0.15, 0.2) is 24.4 Å². The predicted molar refractivity (Wildman–Crippen MR) is 79.6 cm³/mol. The van der Waals surface area contributed by atoms with Crippen molar-refractivity contribution in [1.82, 2.24) is 4.98 Å². The van der Waals surface area contributed by atoms with Gasteiger partial charge < -0.3 is 4.74 Å². The molecule has 2 aromatic rings. The number of carbonyl (C=O) groups is 1. The summed E-state index contributed by atoms with van der Waals surface area (Å²) in [4.78, 5) is 17.0. The number of ether oxygens (including phenoxy) is 1. The van der Waals surface area contributed by atoms with Crippen LogP contribution in [0.4, 0.5) is 0 Å². The van der Waals surface area contributed by atoms with Crippen molar-refractivity contribution in [3.8, 4) is 5.75 Å². The van der Waals surface area contributed by atoms with Gasteiger partial charge in [0, 0.05) is 6.20 Å². The smallest absolute Gasteiger partial charge is 0.215 e. The molecular weight excluding hydrogens is 250 g/mol. The second-order valence-electron chi connectivity index (χ2n) is 5.10. The molecule has 0 aliphatic carbocycles. The number of pyridine rings is 1. The maximum absolute atomic E-state index is 12.7. The number of carbonyl (C=O) groups excluding carboxylic acids is 1. The summed E-state index contributed by atoms with van der Waals surface area (Å²) in [6.45, 7) is 7.83. The Morgan fingerprint density at radius 1 is 1.10 bits per heavy atom. The van der Waals surface area contributed by atoms with E-state index in [0.717, 1.165) is 22.3 Å². The second kappa shape index (κ2) is 5.45. The highest BCUT2D eigenvalue weighted by Crippen LogP contribution is 2.28. The Labute approximate surface area is 119 Å². The highest BCUT2D eigenvalue weighted by atomic mass is 16.5. The van der Waals surface area contributed by atoms with Crippen molar-refractivity contribution < 1.29 is 9.53 Å². The summed E-state index contributed by atoms with van der Waals surface area (Å²) in [5, 5.41) is 0. The third-order valence-corrected chi connectivity index (χ3v) is 3.56. The highest BCUT2D eigenvalue weighted by Gasteiger charge is 2.19. The molecule has 0 unspecified atom stereocenters. The molecule has 3 nitrogen and oxygen atoms in total. The predicted octanol–water partition coefficient (Wildman–Crippen LogP) is 3.55. The van der Waals surface area contributed by atoms with E-state index in [4.69, 9.17) is 4.74 Å². The lowest BCUT2D eigenvalue weighted by Crippen LogP contribution is -2.09. The third kappa shape index (κ3) is 2.44. The molecule has 3 heteroatoms.